The van der Waals surface area contributed by atoms with E-state index in [0.29, 0.717) is 10.9 Å². The standard InChI is InChI=1S/C17H15ClN2OS/c1-10-19-16(21-12-8-6-11(18)7-9-12)15-13-4-2-3-5-14(13)22-17(15)20-10/h6-9H,2-5H2,1H3. The number of benzene rings is 1. The van der Waals surface area contributed by atoms with Crippen LogP contribution < -0.4 is 4.74 Å². The molecule has 4 rings (SSSR count). The number of rotatable bonds is 2. The Kier molecular flexibility index (Phi) is 3.51. The summed E-state index contributed by atoms with van der Waals surface area (Å²) in [5.41, 5.74) is 1.38. The van der Waals surface area contributed by atoms with Gasteiger partial charge >= 0.3 is 0 Å². The zero-order chi connectivity index (χ0) is 15.1. The Hall–Kier alpha value is -1.65. The summed E-state index contributed by atoms with van der Waals surface area (Å²) in [6.07, 6.45) is 4.74. The van der Waals surface area contributed by atoms with Crippen LogP contribution in [0, 0.1) is 6.92 Å². The van der Waals surface area contributed by atoms with Gasteiger partial charge in [0.25, 0.3) is 0 Å². The van der Waals surface area contributed by atoms with E-state index in [9.17, 15) is 0 Å². The Morgan fingerprint density at radius 1 is 1.09 bits per heavy atom. The van der Waals surface area contributed by atoms with Crippen LogP contribution in [0.1, 0.15) is 29.1 Å². The molecule has 0 saturated heterocycles. The monoisotopic (exact) mass is 330 g/mol. The van der Waals surface area contributed by atoms with Crippen molar-refractivity contribution in [3.05, 3.63) is 45.6 Å². The van der Waals surface area contributed by atoms with Gasteiger partial charge in [0.15, 0.2) is 0 Å². The smallest absolute Gasteiger partial charge is 0.231 e. The number of thiophene rings is 1. The van der Waals surface area contributed by atoms with Crippen LogP contribution >= 0.6 is 22.9 Å². The van der Waals surface area contributed by atoms with Crippen molar-refractivity contribution in [2.75, 3.05) is 0 Å². The van der Waals surface area contributed by atoms with Crippen LogP contribution in [0.25, 0.3) is 10.2 Å². The quantitative estimate of drug-likeness (QED) is 0.637. The second kappa shape index (κ2) is 5.52. The van der Waals surface area contributed by atoms with E-state index in [1.807, 2.05) is 31.2 Å². The molecule has 3 nitrogen and oxygen atoms in total. The van der Waals surface area contributed by atoms with E-state index in [4.69, 9.17) is 16.3 Å². The maximum Gasteiger partial charge on any atom is 0.231 e. The van der Waals surface area contributed by atoms with Crippen molar-refractivity contribution in [3.8, 4) is 11.6 Å². The van der Waals surface area contributed by atoms with Crippen LogP contribution in [-0.2, 0) is 12.8 Å². The van der Waals surface area contributed by atoms with Gasteiger partial charge in [-0.1, -0.05) is 11.6 Å². The van der Waals surface area contributed by atoms with E-state index < -0.39 is 0 Å². The number of aromatic nitrogens is 2. The molecule has 1 aliphatic rings. The fourth-order valence-corrected chi connectivity index (χ4v) is 4.34. The van der Waals surface area contributed by atoms with E-state index >= 15 is 0 Å². The SMILES string of the molecule is Cc1nc(Oc2ccc(Cl)cc2)c2c3c(sc2n1)CCCC3. The Balaban J connectivity index is 1.85. The topological polar surface area (TPSA) is 35.0 Å². The number of ether oxygens (including phenoxy) is 1. The summed E-state index contributed by atoms with van der Waals surface area (Å²) in [6.45, 7) is 1.91. The molecule has 1 aromatic carbocycles. The van der Waals surface area contributed by atoms with Crippen molar-refractivity contribution in [2.24, 2.45) is 0 Å². The molecule has 2 heterocycles. The second-order valence-electron chi connectivity index (χ2n) is 5.52. The molecule has 5 heteroatoms. The lowest BCUT2D eigenvalue weighted by Crippen LogP contribution is -2.00. The third-order valence-electron chi connectivity index (χ3n) is 3.92. The zero-order valence-corrected chi connectivity index (χ0v) is 13.8. The van der Waals surface area contributed by atoms with Gasteiger partial charge in [-0.2, -0.15) is 4.98 Å². The lowest BCUT2D eigenvalue weighted by molar-refractivity contribution is 0.466. The fraction of sp³-hybridized carbons (Fsp3) is 0.294. The van der Waals surface area contributed by atoms with Gasteiger partial charge in [-0.05, 0) is 62.4 Å². The van der Waals surface area contributed by atoms with Crippen molar-refractivity contribution < 1.29 is 4.74 Å². The summed E-state index contributed by atoms with van der Waals surface area (Å²) in [5, 5.41) is 1.80. The van der Waals surface area contributed by atoms with Crippen LogP contribution in [0.2, 0.25) is 5.02 Å². The first-order valence-corrected chi connectivity index (χ1v) is 8.62. The van der Waals surface area contributed by atoms with Crippen molar-refractivity contribution in [1.82, 2.24) is 9.97 Å². The summed E-state index contributed by atoms with van der Waals surface area (Å²) >= 11 is 7.72. The van der Waals surface area contributed by atoms with E-state index in [0.717, 1.165) is 34.6 Å². The molecule has 0 bridgehead atoms. The Morgan fingerprint density at radius 3 is 2.68 bits per heavy atom. The Morgan fingerprint density at radius 2 is 1.86 bits per heavy atom. The van der Waals surface area contributed by atoms with Crippen molar-refractivity contribution in [2.45, 2.75) is 32.6 Å². The summed E-state index contributed by atoms with van der Waals surface area (Å²) in [4.78, 5) is 11.6. The molecule has 0 amide bonds. The maximum atomic E-state index is 6.05. The van der Waals surface area contributed by atoms with Crippen LogP contribution in [0.4, 0.5) is 0 Å². The fourth-order valence-electron chi connectivity index (χ4n) is 2.91. The number of fused-ring (bicyclic) bond motifs is 3. The largest absolute Gasteiger partial charge is 0.438 e. The van der Waals surface area contributed by atoms with Crippen molar-refractivity contribution >= 4 is 33.2 Å². The Bertz CT molecular complexity index is 842. The maximum absolute atomic E-state index is 6.05. The molecule has 1 aliphatic carbocycles. The molecule has 3 aromatic rings. The predicted molar refractivity (Wildman–Crippen MR) is 90.3 cm³/mol. The molecular weight excluding hydrogens is 316 g/mol. The van der Waals surface area contributed by atoms with Gasteiger partial charge in [-0.3, -0.25) is 0 Å². The number of hydrogen-bond donors (Lipinski definition) is 0. The Labute approximate surface area is 137 Å². The first kappa shape index (κ1) is 14.0. The van der Waals surface area contributed by atoms with Crippen LogP contribution in [0.15, 0.2) is 24.3 Å². The number of aryl methyl sites for hydroxylation is 3. The van der Waals surface area contributed by atoms with Gasteiger partial charge in [0.05, 0.1) is 5.39 Å². The van der Waals surface area contributed by atoms with E-state index in [2.05, 4.69) is 9.97 Å². The van der Waals surface area contributed by atoms with Gasteiger partial charge in [0, 0.05) is 9.90 Å². The highest BCUT2D eigenvalue weighted by atomic mass is 35.5. The van der Waals surface area contributed by atoms with Crippen molar-refractivity contribution in [3.63, 3.8) is 0 Å². The third-order valence-corrected chi connectivity index (χ3v) is 5.36. The highest BCUT2D eigenvalue weighted by Gasteiger charge is 2.21. The van der Waals surface area contributed by atoms with E-state index in [1.165, 1.54) is 23.3 Å². The number of hydrogen-bond acceptors (Lipinski definition) is 4. The molecule has 0 fully saturated rings. The average Bonchev–Trinajstić information content (AvgIpc) is 2.87. The predicted octanol–water partition coefficient (Wildman–Crippen LogP) is 5.32. The summed E-state index contributed by atoms with van der Waals surface area (Å²) in [7, 11) is 0. The highest BCUT2D eigenvalue weighted by molar-refractivity contribution is 7.18. The molecule has 0 unspecified atom stereocenters. The molecule has 0 spiro atoms. The van der Waals surface area contributed by atoms with E-state index in [1.54, 1.807) is 11.3 Å². The molecule has 112 valence electrons. The minimum absolute atomic E-state index is 0.671. The van der Waals surface area contributed by atoms with Crippen LogP contribution in [-0.4, -0.2) is 9.97 Å². The summed E-state index contributed by atoms with van der Waals surface area (Å²) in [5.74, 6) is 2.17. The first-order chi connectivity index (χ1) is 10.7. The molecule has 0 saturated carbocycles. The summed E-state index contributed by atoms with van der Waals surface area (Å²) in [6, 6.07) is 7.38. The van der Waals surface area contributed by atoms with Gasteiger partial charge in [-0.15, -0.1) is 11.3 Å². The average molecular weight is 331 g/mol. The normalized spacial score (nSPS) is 14.1. The molecule has 0 aliphatic heterocycles. The molecule has 22 heavy (non-hydrogen) atoms. The molecule has 0 radical (unpaired) electrons. The zero-order valence-electron chi connectivity index (χ0n) is 12.2. The minimum atomic E-state index is 0.671. The highest BCUT2D eigenvalue weighted by Crippen LogP contribution is 2.40. The van der Waals surface area contributed by atoms with Gasteiger partial charge in [-0.25, -0.2) is 4.98 Å². The third kappa shape index (κ3) is 2.46. The summed E-state index contributed by atoms with van der Waals surface area (Å²) < 4.78 is 6.05. The first-order valence-electron chi connectivity index (χ1n) is 7.43. The second-order valence-corrected chi connectivity index (χ2v) is 7.04. The lowest BCUT2D eigenvalue weighted by atomic mass is 9.97. The molecule has 0 atom stereocenters. The van der Waals surface area contributed by atoms with Crippen LogP contribution in [0.3, 0.4) is 0 Å². The van der Waals surface area contributed by atoms with Gasteiger partial charge in [0.2, 0.25) is 5.88 Å². The van der Waals surface area contributed by atoms with Crippen LogP contribution in [0.5, 0.6) is 11.6 Å². The molecule has 2 aromatic heterocycles. The number of nitrogens with zero attached hydrogens (tertiary/aromatic N) is 2. The molecule has 0 N–H and O–H groups in total. The molecular formula is C17H15ClN2OS. The number of halogens is 1. The van der Waals surface area contributed by atoms with Gasteiger partial charge < -0.3 is 4.74 Å². The van der Waals surface area contributed by atoms with Gasteiger partial charge in [0.1, 0.15) is 16.4 Å². The lowest BCUT2D eigenvalue weighted by Gasteiger charge is -2.12. The van der Waals surface area contributed by atoms with E-state index in [-0.39, 0.29) is 0 Å². The minimum Gasteiger partial charge on any atom is -0.438 e. The van der Waals surface area contributed by atoms with Crippen molar-refractivity contribution in [1.29, 1.82) is 0 Å².